The molecule has 0 spiro atoms. The summed E-state index contributed by atoms with van der Waals surface area (Å²) in [5.74, 6) is 0.788. The first kappa shape index (κ1) is 14.9. The van der Waals surface area contributed by atoms with Crippen LogP contribution in [0.1, 0.15) is 43.9 Å². The predicted molar refractivity (Wildman–Crippen MR) is 89.8 cm³/mol. The summed E-state index contributed by atoms with van der Waals surface area (Å²) in [6.07, 6.45) is 3.82. The van der Waals surface area contributed by atoms with Crippen LogP contribution in [0.2, 0.25) is 0 Å². The zero-order valence-corrected chi connectivity index (χ0v) is 13.7. The van der Waals surface area contributed by atoms with Gasteiger partial charge in [-0.15, -0.1) is 0 Å². The third-order valence-corrected chi connectivity index (χ3v) is 5.41. The van der Waals surface area contributed by atoms with Crippen LogP contribution >= 0.6 is 0 Å². The monoisotopic (exact) mass is 287 g/mol. The highest BCUT2D eigenvalue weighted by molar-refractivity contribution is 5.58. The molecule has 116 valence electrons. The second-order valence-electron chi connectivity index (χ2n) is 7.04. The van der Waals surface area contributed by atoms with Gasteiger partial charge in [0.15, 0.2) is 0 Å². The quantitative estimate of drug-likeness (QED) is 0.928. The van der Waals surface area contributed by atoms with Crippen LogP contribution < -0.4 is 10.6 Å². The number of nitrogens with zero attached hydrogens (tertiary/aromatic N) is 2. The van der Waals surface area contributed by atoms with Crippen LogP contribution in [-0.2, 0) is 6.42 Å². The van der Waals surface area contributed by atoms with Gasteiger partial charge < -0.3 is 10.6 Å². The van der Waals surface area contributed by atoms with Gasteiger partial charge in [-0.2, -0.15) is 0 Å². The van der Waals surface area contributed by atoms with Crippen molar-refractivity contribution in [1.82, 2.24) is 4.90 Å². The summed E-state index contributed by atoms with van der Waals surface area (Å²) in [6, 6.07) is 8.01. The van der Waals surface area contributed by atoms with E-state index in [1.54, 1.807) is 0 Å². The Morgan fingerprint density at radius 2 is 2.10 bits per heavy atom. The SMILES string of the molecule is CC1CCC(C)N(C(CN)c2ccc3c(c2)CCN3C)C1. The highest BCUT2D eigenvalue weighted by atomic mass is 15.2. The maximum Gasteiger partial charge on any atom is 0.0473 e. The van der Waals surface area contributed by atoms with Gasteiger partial charge in [-0.3, -0.25) is 4.90 Å². The summed E-state index contributed by atoms with van der Waals surface area (Å²) in [6.45, 7) is 7.76. The van der Waals surface area contributed by atoms with Gasteiger partial charge in [0, 0.05) is 44.5 Å². The van der Waals surface area contributed by atoms with Gasteiger partial charge >= 0.3 is 0 Å². The van der Waals surface area contributed by atoms with Crippen molar-refractivity contribution in [2.24, 2.45) is 11.7 Å². The van der Waals surface area contributed by atoms with Crippen molar-refractivity contribution in [3.63, 3.8) is 0 Å². The molecular weight excluding hydrogens is 258 g/mol. The molecule has 0 aliphatic carbocycles. The average Bonchev–Trinajstić information content (AvgIpc) is 2.85. The lowest BCUT2D eigenvalue weighted by atomic mass is 9.91. The molecule has 0 amide bonds. The van der Waals surface area contributed by atoms with Crippen LogP contribution in [0.4, 0.5) is 5.69 Å². The summed E-state index contributed by atoms with van der Waals surface area (Å²) in [5.41, 5.74) is 10.5. The molecule has 1 saturated heterocycles. The van der Waals surface area contributed by atoms with E-state index in [0.29, 0.717) is 18.6 Å². The fourth-order valence-corrected chi connectivity index (χ4v) is 4.01. The zero-order valence-electron chi connectivity index (χ0n) is 13.7. The number of fused-ring (bicyclic) bond motifs is 1. The van der Waals surface area contributed by atoms with Gasteiger partial charge in [-0.25, -0.2) is 0 Å². The van der Waals surface area contributed by atoms with E-state index in [0.717, 1.165) is 12.5 Å². The number of likely N-dealkylation sites (N-methyl/N-ethyl adjacent to an activating group) is 1. The first-order valence-electron chi connectivity index (χ1n) is 8.40. The maximum absolute atomic E-state index is 6.16. The van der Waals surface area contributed by atoms with E-state index in [1.165, 1.54) is 42.6 Å². The van der Waals surface area contributed by atoms with E-state index in [9.17, 15) is 0 Å². The molecule has 3 heteroatoms. The molecule has 2 heterocycles. The molecule has 1 aromatic carbocycles. The molecule has 0 bridgehead atoms. The number of hydrogen-bond donors (Lipinski definition) is 1. The minimum Gasteiger partial charge on any atom is -0.374 e. The van der Waals surface area contributed by atoms with E-state index in [2.05, 4.69) is 48.9 Å². The first-order chi connectivity index (χ1) is 10.1. The summed E-state index contributed by atoms with van der Waals surface area (Å²) in [7, 11) is 2.18. The Morgan fingerprint density at radius 3 is 2.86 bits per heavy atom. The molecule has 3 atom stereocenters. The number of rotatable bonds is 3. The molecular formula is C18H29N3. The molecule has 3 nitrogen and oxygen atoms in total. The molecule has 21 heavy (non-hydrogen) atoms. The maximum atomic E-state index is 6.16. The second-order valence-corrected chi connectivity index (χ2v) is 7.04. The third-order valence-electron chi connectivity index (χ3n) is 5.41. The second kappa shape index (κ2) is 5.98. The van der Waals surface area contributed by atoms with Gasteiger partial charge in [0.05, 0.1) is 0 Å². The molecule has 1 fully saturated rings. The van der Waals surface area contributed by atoms with Crippen molar-refractivity contribution >= 4 is 5.69 Å². The average molecular weight is 287 g/mol. The number of benzene rings is 1. The Hall–Kier alpha value is -1.06. The third kappa shape index (κ3) is 2.82. The molecule has 3 unspecified atom stereocenters. The van der Waals surface area contributed by atoms with Crippen molar-refractivity contribution in [3.05, 3.63) is 29.3 Å². The lowest BCUT2D eigenvalue weighted by Gasteiger charge is -2.42. The fourth-order valence-electron chi connectivity index (χ4n) is 4.01. The minimum absolute atomic E-state index is 0.374. The van der Waals surface area contributed by atoms with Crippen molar-refractivity contribution < 1.29 is 0 Å². The van der Waals surface area contributed by atoms with Crippen LogP contribution in [0.25, 0.3) is 0 Å². The van der Waals surface area contributed by atoms with Gasteiger partial charge in [0.1, 0.15) is 0 Å². The van der Waals surface area contributed by atoms with E-state index in [4.69, 9.17) is 5.73 Å². The molecule has 1 aromatic rings. The molecule has 2 N–H and O–H groups in total. The number of hydrogen-bond acceptors (Lipinski definition) is 3. The number of anilines is 1. The van der Waals surface area contributed by atoms with Crippen molar-refractivity contribution in [2.75, 3.05) is 31.6 Å². The van der Waals surface area contributed by atoms with Crippen LogP contribution in [0, 0.1) is 5.92 Å². The summed E-state index contributed by atoms with van der Waals surface area (Å²) in [4.78, 5) is 4.98. The highest BCUT2D eigenvalue weighted by Gasteiger charge is 2.30. The molecule has 0 saturated carbocycles. The number of nitrogens with two attached hydrogens (primary N) is 1. The summed E-state index contributed by atoms with van der Waals surface area (Å²) < 4.78 is 0. The number of piperidine rings is 1. The normalized spacial score (nSPS) is 27.7. The van der Waals surface area contributed by atoms with E-state index >= 15 is 0 Å². The molecule has 2 aliphatic rings. The summed E-state index contributed by atoms with van der Waals surface area (Å²) in [5, 5.41) is 0. The predicted octanol–water partition coefficient (Wildman–Crippen LogP) is 2.80. The lowest BCUT2D eigenvalue weighted by Crippen LogP contribution is -2.45. The standard InChI is InChI=1S/C18H29N3/c1-13-4-5-14(2)21(12-13)18(11-19)15-6-7-17-16(10-15)8-9-20(17)3/h6-7,10,13-14,18H,4-5,8-9,11-12,19H2,1-3H3. The number of likely N-dealkylation sites (tertiary alicyclic amines) is 1. The van der Waals surface area contributed by atoms with Crippen LogP contribution in [0.5, 0.6) is 0 Å². The largest absolute Gasteiger partial charge is 0.374 e. The Kier molecular flexibility index (Phi) is 4.23. The van der Waals surface area contributed by atoms with Crippen molar-refractivity contribution in [2.45, 2.75) is 45.2 Å². The molecule has 0 aromatic heterocycles. The van der Waals surface area contributed by atoms with Crippen LogP contribution in [-0.4, -0.2) is 37.6 Å². The highest BCUT2D eigenvalue weighted by Crippen LogP contribution is 2.34. The van der Waals surface area contributed by atoms with Gasteiger partial charge in [-0.05, 0) is 49.3 Å². The van der Waals surface area contributed by atoms with Gasteiger partial charge in [0.2, 0.25) is 0 Å². The summed E-state index contributed by atoms with van der Waals surface area (Å²) >= 11 is 0. The Morgan fingerprint density at radius 1 is 1.29 bits per heavy atom. The Balaban J connectivity index is 1.86. The van der Waals surface area contributed by atoms with E-state index in [-0.39, 0.29) is 0 Å². The smallest absolute Gasteiger partial charge is 0.0473 e. The Labute approximate surface area is 129 Å². The Bertz CT molecular complexity index is 499. The van der Waals surface area contributed by atoms with Gasteiger partial charge in [-0.1, -0.05) is 19.1 Å². The molecule has 2 aliphatic heterocycles. The van der Waals surface area contributed by atoms with Crippen LogP contribution in [0.3, 0.4) is 0 Å². The van der Waals surface area contributed by atoms with Crippen molar-refractivity contribution in [3.8, 4) is 0 Å². The zero-order chi connectivity index (χ0) is 15.0. The molecule has 3 rings (SSSR count). The molecule has 0 radical (unpaired) electrons. The topological polar surface area (TPSA) is 32.5 Å². The van der Waals surface area contributed by atoms with Crippen LogP contribution in [0.15, 0.2) is 18.2 Å². The van der Waals surface area contributed by atoms with E-state index < -0.39 is 0 Å². The first-order valence-corrected chi connectivity index (χ1v) is 8.40. The van der Waals surface area contributed by atoms with Gasteiger partial charge in [0.25, 0.3) is 0 Å². The fraction of sp³-hybridized carbons (Fsp3) is 0.667. The van der Waals surface area contributed by atoms with E-state index in [1.807, 2.05) is 0 Å². The minimum atomic E-state index is 0.374. The van der Waals surface area contributed by atoms with Crippen molar-refractivity contribution in [1.29, 1.82) is 0 Å². The lowest BCUT2D eigenvalue weighted by molar-refractivity contribution is 0.0798.